The number of imide groups is 1. The van der Waals surface area contributed by atoms with Crippen LogP contribution in [0.15, 0.2) is 24.3 Å². The van der Waals surface area contributed by atoms with Crippen molar-refractivity contribution in [1.82, 2.24) is 10.2 Å². The molecule has 0 aliphatic carbocycles. The van der Waals surface area contributed by atoms with E-state index in [0.717, 1.165) is 17.0 Å². The smallest absolute Gasteiger partial charge is 0.324 e. The molecule has 2 heterocycles. The van der Waals surface area contributed by atoms with Gasteiger partial charge < -0.3 is 15.0 Å². The van der Waals surface area contributed by atoms with E-state index in [4.69, 9.17) is 4.74 Å². The number of nitrogens with zero attached hydrogens (tertiary/aromatic N) is 2. The summed E-state index contributed by atoms with van der Waals surface area (Å²) >= 11 is 0. The third kappa shape index (κ3) is 3.68. The summed E-state index contributed by atoms with van der Waals surface area (Å²) in [6.07, 6.45) is 0.957. The number of esters is 1. The van der Waals surface area contributed by atoms with Crippen LogP contribution in [-0.2, 0) is 25.5 Å². The van der Waals surface area contributed by atoms with Crippen molar-refractivity contribution in [3.8, 4) is 0 Å². The molecule has 2 aliphatic heterocycles. The lowest BCUT2D eigenvalue weighted by Gasteiger charge is -2.17. The van der Waals surface area contributed by atoms with Crippen LogP contribution < -0.4 is 10.2 Å². The molecule has 1 aromatic carbocycles. The largest absolute Gasteiger partial charge is 0.455 e. The summed E-state index contributed by atoms with van der Waals surface area (Å²) in [5.41, 5.74) is 1.91. The van der Waals surface area contributed by atoms with Crippen LogP contribution in [0.1, 0.15) is 18.9 Å². The van der Waals surface area contributed by atoms with Crippen LogP contribution in [0.3, 0.4) is 0 Å². The van der Waals surface area contributed by atoms with Gasteiger partial charge in [-0.05, 0) is 24.1 Å². The Hall–Kier alpha value is -2.90. The highest BCUT2D eigenvalue weighted by Crippen LogP contribution is 2.26. The van der Waals surface area contributed by atoms with Crippen molar-refractivity contribution in [2.75, 3.05) is 31.1 Å². The van der Waals surface area contributed by atoms with E-state index < -0.39 is 30.4 Å². The van der Waals surface area contributed by atoms with Gasteiger partial charge in [-0.15, -0.1) is 0 Å². The standard InChI is InChI=1S/C18H21N3O5/c1-2-12-3-5-14(6-4-12)21-10-13(9-15(21)22)17(24)26-11-16(23)20-8-7-19-18(20)25/h3-6,13H,2,7-11H2,1H3,(H,19,25)/t13-/m1/s1. The fourth-order valence-corrected chi connectivity index (χ4v) is 3.06. The van der Waals surface area contributed by atoms with Crippen LogP contribution in [0.4, 0.5) is 10.5 Å². The number of urea groups is 1. The number of hydrogen-bond donors (Lipinski definition) is 1. The monoisotopic (exact) mass is 359 g/mol. The topological polar surface area (TPSA) is 96.0 Å². The summed E-state index contributed by atoms with van der Waals surface area (Å²) in [4.78, 5) is 50.3. The fourth-order valence-electron chi connectivity index (χ4n) is 3.06. The Bertz CT molecular complexity index is 731. The fraction of sp³-hybridized carbons (Fsp3) is 0.444. The van der Waals surface area contributed by atoms with Crippen LogP contribution in [0, 0.1) is 5.92 Å². The Morgan fingerprint density at radius 3 is 2.58 bits per heavy atom. The summed E-state index contributed by atoms with van der Waals surface area (Å²) in [5, 5.41) is 2.51. The second-order valence-electron chi connectivity index (χ2n) is 6.31. The molecule has 138 valence electrons. The lowest BCUT2D eigenvalue weighted by molar-refractivity contribution is -0.154. The van der Waals surface area contributed by atoms with E-state index in [9.17, 15) is 19.2 Å². The number of aryl methyl sites for hydroxylation is 1. The maximum Gasteiger partial charge on any atom is 0.324 e. The maximum absolute atomic E-state index is 12.2. The van der Waals surface area contributed by atoms with E-state index in [0.29, 0.717) is 6.54 Å². The van der Waals surface area contributed by atoms with Crippen molar-refractivity contribution < 1.29 is 23.9 Å². The Labute approximate surface area is 151 Å². The highest BCUT2D eigenvalue weighted by Gasteiger charge is 2.37. The molecule has 1 atom stereocenters. The molecule has 1 aromatic rings. The lowest BCUT2D eigenvalue weighted by atomic mass is 10.1. The number of carbonyl (C=O) groups is 4. The molecule has 2 aliphatic rings. The molecule has 3 rings (SSSR count). The molecule has 0 spiro atoms. The molecule has 1 N–H and O–H groups in total. The highest BCUT2D eigenvalue weighted by atomic mass is 16.5. The van der Waals surface area contributed by atoms with Crippen LogP contribution >= 0.6 is 0 Å². The molecule has 0 aromatic heterocycles. The van der Waals surface area contributed by atoms with Crippen molar-refractivity contribution >= 4 is 29.5 Å². The van der Waals surface area contributed by atoms with Crippen molar-refractivity contribution in [3.63, 3.8) is 0 Å². The summed E-state index contributed by atoms with van der Waals surface area (Å²) in [6.45, 7) is 2.43. The summed E-state index contributed by atoms with van der Waals surface area (Å²) in [7, 11) is 0. The molecular formula is C18H21N3O5. The zero-order chi connectivity index (χ0) is 18.7. The van der Waals surface area contributed by atoms with E-state index in [2.05, 4.69) is 12.2 Å². The van der Waals surface area contributed by atoms with Gasteiger partial charge in [0.15, 0.2) is 6.61 Å². The van der Waals surface area contributed by atoms with Crippen LogP contribution in [0.25, 0.3) is 0 Å². The first-order chi connectivity index (χ1) is 12.5. The predicted octanol–water partition coefficient (Wildman–Crippen LogP) is 0.697. The SMILES string of the molecule is CCc1ccc(N2C[C@H](C(=O)OCC(=O)N3CCNC3=O)CC2=O)cc1. The van der Waals surface area contributed by atoms with Gasteiger partial charge in [0, 0.05) is 31.7 Å². The highest BCUT2D eigenvalue weighted by molar-refractivity contribution is 6.00. The van der Waals surface area contributed by atoms with E-state index in [1.165, 1.54) is 5.56 Å². The lowest BCUT2D eigenvalue weighted by Crippen LogP contribution is -2.38. The van der Waals surface area contributed by atoms with Gasteiger partial charge in [-0.1, -0.05) is 19.1 Å². The van der Waals surface area contributed by atoms with Gasteiger partial charge in [0.25, 0.3) is 5.91 Å². The van der Waals surface area contributed by atoms with Crippen molar-refractivity contribution in [1.29, 1.82) is 0 Å². The second-order valence-corrected chi connectivity index (χ2v) is 6.31. The quantitative estimate of drug-likeness (QED) is 0.781. The molecule has 26 heavy (non-hydrogen) atoms. The maximum atomic E-state index is 12.2. The average Bonchev–Trinajstić information content (AvgIpc) is 3.25. The van der Waals surface area contributed by atoms with Gasteiger partial charge >= 0.3 is 12.0 Å². The first-order valence-electron chi connectivity index (χ1n) is 8.63. The van der Waals surface area contributed by atoms with Gasteiger partial charge in [0.1, 0.15) is 0 Å². The van der Waals surface area contributed by atoms with Crippen LogP contribution in [-0.4, -0.2) is 55.0 Å². The number of anilines is 1. The minimum absolute atomic E-state index is 0.0484. The third-order valence-corrected chi connectivity index (χ3v) is 4.61. The van der Waals surface area contributed by atoms with Crippen molar-refractivity contribution in [2.24, 2.45) is 5.92 Å². The number of benzene rings is 1. The third-order valence-electron chi connectivity index (χ3n) is 4.61. The molecule has 0 radical (unpaired) electrons. The molecule has 8 heteroatoms. The van der Waals surface area contributed by atoms with Crippen molar-refractivity contribution in [2.45, 2.75) is 19.8 Å². The van der Waals surface area contributed by atoms with E-state index >= 15 is 0 Å². The molecule has 0 unspecified atom stereocenters. The normalized spacial score (nSPS) is 19.7. The van der Waals surface area contributed by atoms with Crippen LogP contribution in [0.5, 0.6) is 0 Å². The number of rotatable bonds is 5. The summed E-state index contributed by atoms with van der Waals surface area (Å²) in [6, 6.07) is 7.14. The number of nitrogens with one attached hydrogen (secondary N) is 1. The van der Waals surface area contributed by atoms with Crippen molar-refractivity contribution in [3.05, 3.63) is 29.8 Å². The van der Waals surface area contributed by atoms with E-state index in [1.807, 2.05) is 24.3 Å². The van der Waals surface area contributed by atoms with Crippen LogP contribution in [0.2, 0.25) is 0 Å². The summed E-state index contributed by atoms with van der Waals surface area (Å²) in [5.74, 6) is -1.93. The predicted molar refractivity (Wildman–Crippen MR) is 92.4 cm³/mol. The molecule has 8 nitrogen and oxygen atoms in total. The molecule has 0 saturated carbocycles. The van der Waals surface area contributed by atoms with Gasteiger partial charge in [-0.2, -0.15) is 0 Å². The zero-order valence-electron chi connectivity index (χ0n) is 14.6. The first kappa shape index (κ1) is 17.9. The van der Waals surface area contributed by atoms with Gasteiger partial charge in [0.05, 0.1) is 5.92 Å². The molecule has 4 amide bonds. The van der Waals surface area contributed by atoms with Gasteiger partial charge in [-0.3, -0.25) is 19.3 Å². The molecular weight excluding hydrogens is 338 g/mol. The molecule has 2 saturated heterocycles. The number of amides is 4. The Balaban J connectivity index is 1.54. The Morgan fingerprint density at radius 2 is 1.96 bits per heavy atom. The Kier molecular flexibility index (Phi) is 5.20. The van der Waals surface area contributed by atoms with Gasteiger partial charge in [-0.25, -0.2) is 4.79 Å². The second kappa shape index (κ2) is 7.55. The molecule has 2 fully saturated rings. The van der Waals surface area contributed by atoms with E-state index in [-0.39, 0.29) is 25.4 Å². The average molecular weight is 359 g/mol. The van der Waals surface area contributed by atoms with Gasteiger partial charge in [0.2, 0.25) is 5.91 Å². The Morgan fingerprint density at radius 1 is 1.23 bits per heavy atom. The minimum Gasteiger partial charge on any atom is -0.455 e. The first-order valence-corrected chi connectivity index (χ1v) is 8.63. The van der Waals surface area contributed by atoms with E-state index in [1.54, 1.807) is 4.90 Å². The zero-order valence-corrected chi connectivity index (χ0v) is 14.6. The number of carbonyl (C=O) groups excluding carboxylic acids is 4. The molecule has 0 bridgehead atoms. The summed E-state index contributed by atoms with van der Waals surface area (Å²) < 4.78 is 5.03. The number of hydrogen-bond acceptors (Lipinski definition) is 5. The minimum atomic E-state index is -0.617. The number of ether oxygens (including phenoxy) is 1.